The second-order valence-electron chi connectivity index (χ2n) is 2.52. The van der Waals surface area contributed by atoms with Gasteiger partial charge in [0, 0.05) is 12.2 Å². The predicted molar refractivity (Wildman–Crippen MR) is 49.8 cm³/mol. The van der Waals surface area contributed by atoms with Crippen molar-refractivity contribution in [2.45, 2.75) is 6.92 Å². The number of nitrogens with two attached hydrogens (primary N) is 1. The van der Waals surface area contributed by atoms with Crippen LogP contribution in [0.5, 0.6) is 0 Å². The van der Waals surface area contributed by atoms with E-state index in [-0.39, 0.29) is 0 Å². The van der Waals surface area contributed by atoms with E-state index in [1.165, 1.54) is 0 Å². The normalized spacial score (nSPS) is 12.8. The largest absolute Gasteiger partial charge is 0.399 e. The van der Waals surface area contributed by atoms with Crippen LogP contribution < -0.4 is 11.1 Å². The van der Waals surface area contributed by atoms with Gasteiger partial charge < -0.3 is 11.1 Å². The highest BCUT2D eigenvalue weighted by molar-refractivity contribution is 5.10. The van der Waals surface area contributed by atoms with Crippen LogP contribution in [0.4, 0.5) is 0 Å². The van der Waals surface area contributed by atoms with Crippen LogP contribution in [0.3, 0.4) is 0 Å². The third-order valence-electron chi connectivity index (χ3n) is 1.22. The maximum absolute atomic E-state index is 5.35. The predicted octanol–water partition coefficient (Wildman–Crippen LogP) is 1.38. The molecule has 0 aromatic carbocycles. The van der Waals surface area contributed by atoms with Gasteiger partial charge >= 0.3 is 0 Å². The van der Waals surface area contributed by atoms with Gasteiger partial charge in [-0.25, -0.2) is 0 Å². The number of rotatable bonds is 5. The standard InChI is InChI=1S/C9H16N2/c1-4-11-7-8(2)5-6-9(3)10/h4-6,8,11H,1,3,7,10H2,2H3/b6-5-. The molecule has 0 saturated heterocycles. The van der Waals surface area contributed by atoms with Gasteiger partial charge in [0.25, 0.3) is 0 Å². The Kier molecular flexibility index (Phi) is 4.99. The third kappa shape index (κ3) is 6.71. The topological polar surface area (TPSA) is 38.0 Å². The summed E-state index contributed by atoms with van der Waals surface area (Å²) in [5, 5.41) is 3.01. The number of nitrogens with one attached hydrogen (secondary N) is 1. The molecule has 0 aliphatic rings. The van der Waals surface area contributed by atoms with E-state index in [4.69, 9.17) is 5.73 Å². The summed E-state index contributed by atoms with van der Waals surface area (Å²) in [6, 6.07) is 0. The summed E-state index contributed by atoms with van der Waals surface area (Å²) < 4.78 is 0. The van der Waals surface area contributed by atoms with E-state index >= 15 is 0 Å². The number of hydrogen-bond donors (Lipinski definition) is 2. The third-order valence-corrected chi connectivity index (χ3v) is 1.22. The van der Waals surface area contributed by atoms with Gasteiger partial charge in [-0.1, -0.05) is 26.2 Å². The first-order chi connectivity index (χ1) is 5.16. The van der Waals surface area contributed by atoms with Crippen LogP contribution >= 0.6 is 0 Å². The van der Waals surface area contributed by atoms with Gasteiger partial charge in [0.1, 0.15) is 0 Å². The summed E-state index contributed by atoms with van der Waals surface area (Å²) in [6.07, 6.45) is 5.51. The zero-order valence-corrected chi connectivity index (χ0v) is 7.01. The Bertz CT molecular complexity index is 159. The second kappa shape index (κ2) is 5.59. The van der Waals surface area contributed by atoms with Crippen molar-refractivity contribution in [3.05, 3.63) is 37.2 Å². The van der Waals surface area contributed by atoms with Crippen LogP contribution in [-0.2, 0) is 0 Å². The molecule has 0 bridgehead atoms. The van der Waals surface area contributed by atoms with Crippen LogP contribution in [0.1, 0.15) is 6.92 Å². The van der Waals surface area contributed by atoms with E-state index in [0.29, 0.717) is 11.6 Å². The fourth-order valence-corrected chi connectivity index (χ4v) is 0.625. The maximum atomic E-state index is 5.35. The minimum absolute atomic E-state index is 0.452. The highest BCUT2D eigenvalue weighted by Gasteiger charge is 1.92. The lowest BCUT2D eigenvalue weighted by Gasteiger charge is -2.04. The molecule has 3 N–H and O–H groups in total. The van der Waals surface area contributed by atoms with Crippen molar-refractivity contribution in [3.8, 4) is 0 Å². The van der Waals surface area contributed by atoms with E-state index < -0.39 is 0 Å². The first-order valence-electron chi connectivity index (χ1n) is 3.63. The molecule has 0 amide bonds. The van der Waals surface area contributed by atoms with E-state index in [1.54, 1.807) is 6.20 Å². The van der Waals surface area contributed by atoms with Crippen LogP contribution in [-0.4, -0.2) is 6.54 Å². The molecule has 11 heavy (non-hydrogen) atoms. The minimum Gasteiger partial charge on any atom is -0.399 e. The summed E-state index contributed by atoms with van der Waals surface area (Å²) in [7, 11) is 0. The summed E-state index contributed by atoms with van der Waals surface area (Å²) >= 11 is 0. The lowest BCUT2D eigenvalue weighted by atomic mass is 10.1. The Labute approximate surface area is 68.5 Å². The molecule has 0 heterocycles. The maximum Gasteiger partial charge on any atom is 0.0237 e. The van der Waals surface area contributed by atoms with E-state index in [9.17, 15) is 0 Å². The van der Waals surface area contributed by atoms with Gasteiger partial charge in [-0.15, -0.1) is 0 Å². The molecule has 1 unspecified atom stereocenters. The molecule has 0 fully saturated rings. The quantitative estimate of drug-likeness (QED) is 0.584. The molecule has 2 nitrogen and oxygen atoms in total. The van der Waals surface area contributed by atoms with Gasteiger partial charge in [0.05, 0.1) is 0 Å². The van der Waals surface area contributed by atoms with Crippen molar-refractivity contribution in [1.82, 2.24) is 5.32 Å². The van der Waals surface area contributed by atoms with Crippen molar-refractivity contribution in [1.29, 1.82) is 0 Å². The fraction of sp³-hybridized carbons (Fsp3) is 0.333. The van der Waals surface area contributed by atoms with E-state index in [1.807, 2.05) is 12.2 Å². The number of allylic oxidation sites excluding steroid dienone is 1. The molecule has 0 aromatic rings. The zero-order chi connectivity index (χ0) is 8.69. The molecule has 62 valence electrons. The SMILES string of the molecule is C=CNCC(C)/C=C\C(=C)N. The van der Waals surface area contributed by atoms with Crippen molar-refractivity contribution in [3.63, 3.8) is 0 Å². The Morgan fingerprint density at radius 1 is 1.73 bits per heavy atom. The molecule has 0 aromatic heterocycles. The summed E-state index contributed by atoms with van der Waals surface area (Å²) in [4.78, 5) is 0. The Morgan fingerprint density at radius 2 is 2.36 bits per heavy atom. The molecule has 0 aliphatic heterocycles. The van der Waals surface area contributed by atoms with Crippen molar-refractivity contribution < 1.29 is 0 Å². The fourth-order valence-electron chi connectivity index (χ4n) is 0.625. The monoisotopic (exact) mass is 152 g/mol. The molecular formula is C9H16N2. The molecule has 0 rings (SSSR count). The van der Waals surface area contributed by atoms with Gasteiger partial charge in [-0.2, -0.15) is 0 Å². The highest BCUT2D eigenvalue weighted by Crippen LogP contribution is 1.95. The Hall–Kier alpha value is -1.18. The van der Waals surface area contributed by atoms with Crippen LogP contribution in [0.2, 0.25) is 0 Å². The second-order valence-corrected chi connectivity index (χ2v) is 2.52. The molecule has 0 aliphatic carbocycles. The molecule has 0 radical (unpaired) electrons. The first kappa shape index (κ1) is 9.82. The molecular weight excluding hydrogens is 136 g/mol. The van der Waals surface area contributed by atoms with Crippen LogP contribution in [0.25, 0.3) is 0 Å². The Morgan fingerprint density at radius 3 is 2.82 bits per heavy atom. The average Bonchev–Trinajstić information content (AvgIpc) is 1.97. The molecule has 2 heteroatoms. The Balaban J connectivity index is 3.58. The number of hydrogen-bond acceptors (Lipinski definition) is 2. The lowest BCUT2D eigenvalue weighted by molar-refractivity contribution is 0.671. The van der Waals surface area contributed by atoms with Crippen molar-refractivity contribution in [2.75, 3.05) is 6.54 Å². The van der Waals surface area contributed by atoms with Crippen molar-refractivity contribution >= 4 is 0 Å². The van der Waals surface area contributed by atoms with Gasteiger partial charge in [0.2, 0.25) is 0 Å². The van der Waals surface area contributed by atoms with Crippen LogP contribution in [0.15, 0.2) is 37.2 Å². The highest BCUT2D eigenvalue weighted by atomic mass is 14.8. The van der Waals surface area contributed by atoms with Gasteiger partial charge in [0.15, 0.2) is 0 Å². The van der Waals surface area contributed by atoms with E-state index in [0.717, 1.165) is 6.54 Å². The molecule has 0 spiro atoms. The summed E-state index contributed by atoms with van der Waals surface area (Å²) in [5.41, 5.74) is 5.94. The van der Waals surface area contributed by atoms with E-state index in [2.05, 4.69) is 25.4 Å². The first-order valence-corrected chi connectivity index (χ1v) is 3.63. The lowest BCUT2D eigenvalue weighted by Crippen LogP contribution is -2.13. The summed E-state index contributed by atoms with van der Waals surface area (Å²) in [5.74, 6) is 0.452. The van der Waals surface area contributed by atoms with Crippen LogP contribution in [0, 0.1) is 5.92 Å². The molecule has 0 saturated carbocycles. The smallest absolute Gasteiger partial charge is 0.0237 e. The molecule has 1 atom stereocenters. The summed E-state index contributed by atoms with van der Waals surface area (Å²) in [6.45, 7) is 10.1. The minimum atomic E-state index is 0.452. The zero-order valence-electron chi connectivity index (χ0n) is 7.01. The average molecular weight is 152 g/mol. The van der Waals surface area contributed by atoms with Crippen molar-refractivity contribution in [2.24, 2.45) is 11.7 Å². The van der Waals surface area contributed by atoms with Gasteiger partial charge in [-0.3, -0.25) is 0 Å². The van der Waals surface area contributed by atoms with Gasteiger partial charge in [-0.05, 0) is 18.2 Å².